The van der Waals surface area contributed by atoms with E-state index in [1.54, 1.807) is 66.7 Å². The van der Waals surface area contributed by atoms with Crippen LogP contribution in [0.3, 0.4) is 0 Å². The molecule has 1 aliphatic carbocycles. The van der Waals surface area contributed by atoms with E-state index in [0.29, 0.717) is 43.2 Å². The first kappa shape index (κ1) is 36.9. The SMILES string of the molecule is COC(=O)c1c(NC(=O)CSc2cccc(NC(=O)/C(=C\c3cccc(Cl)c3Cl)NC(=O)c3ccccc3)c2)sc2c1CCC(c1ccccc1)C2. The predicted octanol–water partition coefficient (Wildman–Crippen LogP) is 9.25. The molecule has 52 heavy (non-hydrogen) atoms. The minimum atomic E-state index is -0.591. The third-order valence-electron chi connectivity index (χ3n) is 8.45. The quantitative estimate of drug-likeness (QED) is 0.0702. The molecular weight excluding hydrogens is 737 g/mol. The number of esters is 1. The number of methoxy groups -OCH3 is 1. The van der Waals surface area contributed by atoms with Crippen molar-refractivity contribution >= 4 is 86.8 Å². The second-order valence-corrected chi connectivity index (χ2v) is 14.8. The number of thiophene rings is 1. The molecule has 1 aliphatic rings. The highest BCUT2D eigenvalue weighted by molar-refractivity contribution is 8.00. The maximum absolute atomic E-state index is 13.6. The molecule has 0 spiro atoms. The molecule has 1 atom stereocenters. The molecule has 0 fully saturated rings. The summed E-state index contributed by atoms with van der Waals surface area (Å²) in [5.41, 5.74) is 3.84. The molecule has 0 saturated heterocycles. The molecule has 0 radical (unpaired) electrons. The van der Waals surface area contributed by atoms with Gasteiger partial charge in [-0.2, -0.15) is 0 Å². The maximum Gasteiger partial charge on any atom is 0.341 e. The lowest BCUT2D eigenvalue weighted by Gasteiger charge is -2.22. The minimum absolute atomic E-state index is 0.0504. The van der Waals surface area contributed by atoms with Gasteiger partial charge in [-0.25, -0.2) is 4.79 Å². The van der Waals surface area contributed by atoms with Crippen molar-refractivity contribution < 1.29 is 23.9 Å². The van der Waals surface area contributed by atoms with E-state index in [1.807, 2.05) is 24.3 Å². The van der Waals surface area contributed by atoms with E-state index in [-0.39, 0.29) is 22.4 Å². The van der Waals surface area contributed by atoms with Crippen LogP contribution in [-0.2, 0) is 27.2 Å². The second kappa shape index (κ2) is 17.1. The summed E-state index contributed by atoms with van der Waals surface area (Å²) >= 11 is 15.3. The Morgan fingerprint density at radius 1 is 0.904 bits per heavy atom. The Morgan fingerprint density at radius 2 is 1.63 bits per heavy atom. The van der Waals surface area contributed by atoms with Gasteiger partial charge >= 0.3 is 5.97 Å². The number of benzene rings is 4. The summed E-state index contributed by atoms with van der Waals surface area (Å²) in [4.78, 5) is 54.5. The van der Waals surface area contributed by atoms with E-state index in [4.69, 9.17) is 27.9 Å². The molecule has 6 rings (SSSR count). The van der Waals surface area contributed by atoms with Crippen molar-refractivity contribution in [2.75, 3.05) is 23.5 Å². The van der Waals surface area contributed by atoms with E-state index in [1.165, 1.54) is 41.8 Å². The highest BCUT2D eigenvalue weighted by Gasteiger charge is 2.30. The topological polar surface area (TPSA) is 114 Å². The first-order valence-corrected chi connectivity index (χ1v) is 18.9. The Balaban J connectivity index is 1.13. The summed E-state index contributed by atoms with van der Waals surface area (Å²) in [6.07, 6.45) is 3.87. The monoisotopic (exact) mass is 769 g/mol. The number of anilines is 2. The first-order chi connectivity index (χ1) is 25.2. The molecule has 5 aromatic rings. The molecule has 0 saturated carbocycles. The third-order valence-corrected chi connectivity index (χ3v) is 11.4. The van der Waals surface area contributed by atoms with Crippen LogP contribution in [0.25, 0.3) is 6.08 Å². The molecule has 1 aromatic heterocycles. The summed E-state index contributed by atoms with van der Waals surface area (Å²) in [5.74, 6) is -1.42. The fraction of sp³-hybridized carbons (Fsp3) is 0.150. The van der Waals surface area contributed by atoms with Gasteiger partial charge in [-0.1, -0.05) is 89.9 Å². The third kappa shape index (κ3) is 8.94. The molecule has 0 aliphatic heterocycles. The molecule has 12 heteroatoms. The summed E-state index contributed by atoms with van der Waals surface area (Å²) in [6, 6.07) is 30.8. The number of hydrogen-bond acceptors (Lipinski definition) is 7. The van der Waals surface area contributed by atoms with Gasteiger partial charge in [0.2, 0.25) is 5.91 Å². The Hall–Kier alpha value is -4.87. The lowest BCUT2D eigenvalue weighted by molar-refractivity contribution is -0.114. The average Bonchev–Trinajstić information content (AvgIpc) is 3.52. The lowest BCUT2D eigenvalue weighted by Crippen LogP contribution is -2.30. The molecule has 8 nitrogen and oxygen atoms in total. The molecule has 264 valence electrons. The highest BCUT2D eigenvalue weighted by Crippen LogP contribution is 2.43. The largest absolute Gasteiger partial charge is 0.465 e. The first-order valence-electron chi connectivity index (χ1n) is 16.3. The Bertz CT molecular complexity index is 2160. The van der Waals surface area contributed by atoms with Crippen molar-refractivity contribution in [2.45, 2.75) is 30.1 Å². The zero-order chi connectivity index (χ0) is 36.6. The second-order valence-electron chi connectivity index (χ2n) is 11.9. The molecular formula is C40H33Cl2N3O5S2. The summed E-state index contributed by atoms with van der Waals surface area (Å²) in [5, 5.41) is 9.50. The van der Waals surface area contributed by atoms with Crippen LogP contribution in [0.5, 0.6) is 0 Å². The Labute approximate surface area is 319 Å². The van der Waals surface area contributed by atoms with Gasteiger partial charge in [0.1, 0.15) is 10.7 Å². The predicted molar refractivity (Wildman–Crippen MR) is 210 cm³/mol. The van der Waals surface area contributed by atoms with Gasteiger partial charge in [-0.15, -0.1) is 23.1 Å². The van der Waals surface area contributed by atoms with Crippen molar-refractivity contribution in [1.29, 1.82) is 0 Å². The van der Waals surface area contributed by atoms with Gasteiger partial charge < -0.3 is 20.7 Å². The molecule has 4 aromatic carbocycles. The molecule has 3 N–H and O–H groups in total. The van der Waals surface area contributed by atoms with E-state index in [9.17, 15) is 19.2 Å². The number of carbonyl (C=O) groups is 4. The molecule has 1 unspecified atom stereocenters. The van der Waals surface area contributed by atoms with Crippen molar-refractivity contribution in [2.24, 2.45) is 0 Å². The lowest BCUT2D eigenvalue weighted by atomic mass is 9.83. The van der Waals surface area contributed by atoms with Crippen molar-refractivity contribution in [3.05, 3.63) is 152 Å². The number of fused-ring (bicyclic) bond motifs is 1. The minimum Gasteiger partial charge on any atom is -0.465 e. The van der Waals surface area contributed by atoms with Crippen LogP contribution in [-0.4, -0.2) is 36.6 Å². The van der Waals surface area contributed by atoms with Crippen LogP contribution >= 0.6 is 46.3 Å². The summed E-state index contributed by atoms with van der Waals surface area (Å²) < 4.78 is 5.11. The number of nitrogens with one attached hydrogen (secondary N) is 3. The molecule has 3 amide bonds. The summed E-state index contributed by atoms with van der Waals surface area (Å²) in [7, 11) is 1.34. The van der Waals surface area contributed by atoms with E-state index < -0.39 is 17.8 Å². The van der Waals surface area contributed by atoms with Gasteiger partial charge in [0.15, 0.2) is 0 Å². The van der Waals surface area contributed by atoms with Gasteiger partial charge in [0.05, 0.1) is 28.5 Å². The van der Waals surface area contributed by atoms with Crippen LogP contribution in [0.2, 0.25) is 10.0 Å². The fourth-order valence-electron chi connectivity index (χ4n) is 5.91. The van der Waals surface area contributed by atoms with Gasteiger partial charge in [-0.3, -0.25) is 14.4 Å². The summed E-state index contributed by atoms with van der Waals surface area (Å²) in [6.45, 7) is 0. The van der Waals surface area contributed by atoms with Gasteiger partial charge in [0, 0.05) is 21.0 Å². The normalized spacial score (nSPS) is 13.8. The number of hydrogen-bond donors (Lipinski definition) is 3. The van der Waals surface area contributed by atoms with Gasteiger partial charge in [-0.05, 0) is 84.3 Å². The Kier molecular flexibility index (Phi) is 12.1. The van der Waals surface area contributed by atoms with Crippen LogP contribution in [0, 0.1) is 0 Å². The zero-order valence-electron chi connectivity index (χ0n) is 27.9. The smallest absolute Gasteiger partial charge is 0.341 e. The number of carbonyl (C=O) groups excluding carboxylic acids is 4. The van der Waals surface area contributed by atoms with Crippen LogP contribution < -0.4 is 16.0 Å². The van der Waals surface area contributed by atoms with Crippen LogP contribution in [0.1, 0.15) is 54.6 Å². The molecule has 1 heterocycles. The van der Waals surface area contributed by atoms with Gasteiger partial charge in [0.25, 0.3) is 11.8 Å². The molecule has 0 bridgehead atoms. The van der Waals surface area contributed by atoms with Crippen LogP contribution in [0.15, 0.2) is 114 Å². The van der Waals surface area contributed by atoms with Crippen LogP contribution in [0.4, 0.5) is 10.7 Å². The van der Waals surface area contributed by atoms with Crippen molar-refractivity contribution in [1.82, 2.24) is 5.32 Å². The average molecular weight is 771 g/mol. The number of thioether (sulfide) groups is 1. The number of rotatable bonds is 11. The van der Waals surface area contributed by atoms with Crippen molar-refractivity contribution in [3.8, 4) is 0 Å². The van der Waals surface area contributed by atoms with E-state index >= 15 is 0 Å². The number of amides is 3. The zero-order valence-corrected chi connectivity index (χ0v) is 31.1. The standard InChI is InChI=1S/C40H33Cl2N3O5S2/c1-50-40(49)35-30-19-18-26(24-10-4-2-5-11-24)21-33(30)52-39(35)45-34(46)23-51-29-16-9-15-28(22-29)43-38(48)32(20-27-14-8-17-31(41)36(27)42)44-37(47)25-12-6-3-7-13-25/h2-17,20,22,26H,18-19,21,23H2,1H3,(H,43,48)(H,44,47)(H,45,46)/b32-20+. The Morgan fingerprint density at radius 3 is 2.38 bits per heavy atom. The fourth-order valence-corrected chi connectivity index (χ4v) is 8.35. The maximum atomic E-state index is 13.6. The van der Waals surface area contributed by atoms with E-state index in [0.717, 1.165) is 29.7 Å². The van der Waals surface area contributed by atoms with E-state index in [2.05, 4.69) is 28.1 Å². The number of ether oxygens (including phenoxy) is 1. The highest BCUT2D eigenvalue weighted by atomic mass is 35.5. The van der Waals surface area contributed by atoms with Crippen molar-refractivity contribution in [3.63, 3.8) is 0 Å². The number of halogens is 2.